The van der Waals surface area contributed by atoms with Gasteiger partial charge in [0.05, 0.1) is 6.20 Å². The van der Waals surface area contributed by atoms with Crippen LogP contribution >= 0.6 is 0 Å². The number of anilines is 1. The van der Waals surface area contributed by atoms with E-state index in [1.165, 1.54) is 10.9 Å². The predicted molar refractivity (Wildman–Crippen MR) is 99.2 cm³/mol. The predicted octanol–water partition coefficient (Wildman–Crippen LogP) is 3.69. The van der Waals surface area contributed by atoms with E-state index in [1.807, 2.05) is 24.3 Å². The Balaban J connectivity index is 1.90. The zero-order valence-electron chi connectivity index (χ0n) is 14.9. The van der Waals surface area contributed by atoms with Gasteiger partial charge in [0.1, 0.15) is 11.6 Å². The Labute approximate surface area is 152 Å². The first-order valence-corrected chi connectivity index (χ1v) is 8.21. The lowest BCUT2D eigenvalue weighted by Crippen LogP contribution is -2.17. The molecule has 0 radical (unpaired) electrons. The van der Waals surface area contributed by atoms with Crippen molar-refractivity contribution in [3.8, 4) is 11.9 Å². The molecule has 6 heteroatoms. The Hall–Kier alpha value is -3.46. The molecule has 26 heavy (non-hydrogen) atoms. The molecule has 0 fully saturated rings. The molecule has 0 atom stereocenters. The summed E-state index contributed by atoms with van der Waals surface area (Å²) >= 11 is 0. The van der Waals surface area contributed by atoms with Crippen LogP contribution in [0.25, 0.3) is 5.82 Å². The minimum atomic E-state index is -0.306. The first-order chi connectivity index (χ1) is 12.4. The molecule has 3 aromatic rings. The second-order valence-electron chi connectivity index (χ2n) is 6.90. The molecule has 130 valence electrons. The summed E-state index contributed by atoms with van der Waals surface area (Å²) in [5.74, 6) is 0.517. The summed E-state index contributed by atoms with van der Waals surface area (Å²) in [5, 5.41) is 16.3. The van der Waals surface area contributed by atoms with Crippen LogP contribution in [0.15, 0.2) is 54.9 Å². The number of nitriles is 1. The minimum Gasteiger partial charge on any atom is -0.305 e. The molecule has 6 nitrogen and oxygen atoms in total. The van der Waals surface area contributed by atoms with E-state index in [-0.39, 0.29) is 16.9 Å². The number of rotatable bonds is 3. The van der Waals surface area contributed by atoms with E-state index < -0.39 is 0 Å². The van der Waals surface area contributed by atoms with E-state index in [4.69, 9.17) is 0 Å². The third kappa shape index (κ3) is 3.47. The molecule has 0 aliphatic heterocycles. The summed E-state index contributed by atoms with van der Waals surface area (Å²) in [6.07, 6.45) is 3.03. The van der Waals surface area contributed by atoms with Crippen LogP contribution in [-0.4, -0.2) is 20.7 Å². The van der Waals surface area contributed by atoms with Gasteiger partial charge in [-0.1, -0.05) is 39.0 Å². The summed E-state index contributed by atoms with van der Waals surface area (Å²) in [6, 6.07) is 14.8. The Morgan fingerprint density at radius 3 is 2.46 bits per heavy atom. The van der Waals surface area contributed by atoms with Crippen molar-refractivity contribution in [1.29, 1.82) is 5.26 Å². The zero-order chi connectivity index (χ0) is 18.7. The second-order valence-corrected chi connectivity index (χ2v) is 6.90. The highest BCUT2D eigenvalue weighted by Crippen LogP contribution is 2.23. The number of aromatic nitrogens is 3. The van der Waals surface area contributed by atoms with E-state index in [2.05, 4.69) is 36.2 Å². The standard InChI is InChI=1S/C20H19N5O/c1-20(2,3)16-9-7-14(8-10-16)19(26)24-18-15(12-21)13-23-25(18)17-6-4-5-11-22-17/h4-11,13H,1-3H3,(H,24,26). The van der Waals surface area contributed by atoms with Gasteiger partial charge in [-0.3, -0.25) is 4.79 Å². The minimum absolute atomic E-state index is 0.0145. The topological polar surface area (TPSA) is 83.6 Å². The normalized spacial score (nSPS) is 11.0. The molecule has 2 aromatic heterocycles. The number of nitrogens with zero attached hydrogens (tertiary/aromatic N) is 4. The number of benzene rings is 1. The lowest BCUT2D eigenvalue weighted by atomic mass is 9.87. The smallest absolute Gasteiger partial charge is 0.256 e. The SMILES string of the molecule is CC(C)(C)c1ccc(C(=O)Nc2c(C#N)cnn2-c2ccccn2)cc1. The van der Waals surface area contributed by atoms with Crippen molar-refractivity contribution < 1.29 is 4.79 Å². The van der Waals surface area contributed by atoms with Crippen molar-refractivity contribution in [1.82, 2.24) is 14.8 Å². The first-order valence-electron chi connectivity index (χ1n) is 8.21. The van der Waals surface area contributed by atoms with Crippen molar-refractivity contribution >= 4 is 11.7 Å². The van der Waals surface area contributed by atoms with Gasteiger partial charge in [0.2, 0.25) is 0 Å². The molecule has 1 N–H and O–H groups in total. The van der Waals surface area contributed by atoms with Crippen LogP contribution in [0.5, 0.6) is 0 Å². The van der Waals surface area contributed by atoms with Crippen molar-refractivity contribution in [3.05, 3.63) is 71.5 Å². The lowest BCUT2D eigenvalue weighted by Gasteiger charge is -2.19. The van der Waals surface area contributed by atoms with Gasteiger partial charge in [0.25, 0.3) is 5.91 Å². The number of amides is 1. The van der Waals surface area contributed by atoms with Gasteiger partial charge in [-0.05, 0) is 35.2 Å². The maximum atomic E-state index is 12.6. The van der Waals surface area contributed by atoms with E-state index in [0.717, 1.165) is 5.56 Å². The molecule has 2 heterocycles. The van der Waals surface area contributed by atoms with Crippen molar-refractivity contribution in [2.24, 2.45) is 0 Å². The Bertz CT molecular complexity index is 960. The molecule has 0 spiro atoms. The van der Waals surface area contributed by atoms with Crippen molar-refractivity contribution in [2.45, 2.75) is 26.2 Å². The van der Waals surface area contributed by atoms with Gasteiger partial charge in [0.15, 0.2) is 11.6 Å². The van der Waals surface area contributed by atoms with E-state index >= 15 is 0 Å². The highest BCUT2D eigenvalue weighted by Gasteiger charge is 2.18. The Morgan fingerprint density at radius 1 is 1.15 bits per heavy atom. The molecule has 1 amide bonds. The molecule has 0 saturated carbocycles. The van der Waals surface area contributed by atoms with Crippen molar-refractivity contribution in [3.63, 3.8) is 0 Å². The monoisotopic (exact) mass is 345 g/mol. The van der Waals surface area contributed by atoms with Crippen LogP contribution in [0, 0.1) is 11.3 Å². The number of hydrogen-bond acceptors (Lipinski definition) is 4. The van der Waals surface area contributed by atoms with Gasteiger partial charge in [0, 0.05) is 11.8 Å². The molecule has 0 aliphatic rings. The Kier molecular flexibility index (Phi) is 4.55. The van der Waals surface area contributed by atoms with E-state index in [0.29, 0.717) is 17.2 Å². The molecule has 3 rings (SSSR count). The van der Waals surface area contributed by atoms with Crippen LogP contribution in [-0.2, 0) is 5.41 Å². The van der Waals surface area contributed by atoms with Crippen molar-refractivity contribution in [2.75, 3.05) is 5.32 Å². The van der Waals surface area contributed by atoms with Gasteiger partial charge >= 0.3 is 0 Å². The highest BCUT2D eigenvalue weighted by atomic mass is 16.1. The third-order valence-electron chi connectivity index (χ3n) is 4.00. The lowest BCUT2D eigenvalue weighted by molar-refractivity contribution is 0.102. The average molecular weight is 345 g/mol. The maximum Gasteiger partial charge on any atom is 0.256 e. The quantitative estimate of drug-likeness (QED) is 0.785. The summed E-state index contributed by atoms with van der Waals surface area (Å²) in [7, 11) is 0. The van der Waals surface area contributed by atoms with Crippen LogP contribution in [0.1, 0.15) is 42.3 Å². The van der Waals surface area contributed by atoms with E-state index in [9.17, 15) is 10.1 Å². The molecule has 0 bridgehead atoms. The van der Waals surface area contributed by atoms with Crippen LogP contribution in [0.3, 0.4) is 0 Å². The maximum absolute atomic E-state index is 12.6. The van der Waals surface area contributed by atoms with Crippen LogP contribution in [0.4, 0.5) is 5.82 Å². The number of pyridine rings is 1. The summed E-state index contributed by atoms with van der Waals surface area (Å²) in [6.45, 7) is 6.35. The summed E-state index contributed by atoms with van der Waals surface area (Å²) in [5.41, 5.74) is 1.94. The zero-order valence-corrected chi connectivity index (χ0v) is 14.9. The molecule has 1 aromatic carbocycles. The van der Waals surface area contributed by atoms with Crippen LogP contribution < -0.4 is 5.32 Å². The molecular formula is C20H19N5O. The van der Waals surface area contributed by atoms with Gasteiger partial charge < -0.3 is 5.32 Å². The molecule has 0 unspecified atom stereocenters. The fourth-order valence-corrected chi connectivity index (χ4v) is 2.50. The van der Waals surface area contributed by atoms with Crippen LogP contribution in [0.2, 0.25) is 0 Å². The fraction of sp³-hybridized carbons (Fsp3) is 0.200. The van der Waals surface area contributed by atoms with Gasteiger partial charge in [-0.15, -0.1) is 0 Å². The van der Waals surface area contributed by atoms with Gasteiger partial charge in [-0.2, -0.15) is 15.0 Å². The van der Waals surface area contributed by atoms with E-state index in [1.54, 1.807) is 30.5 Å². The van der Waals surface area contributed by atoms with Gasteiger partial charge in [-0.25, -0.2) is 4.98 Å². The number of carbonyl (C=O) groups excluding carboxylic acids is 1. The molecule has 0 aliphatic carbocycles. The number of nitrogens with one attached hydrogen (secondary N) is 1. The third-order valence-corrected chi connectivity index (χ3v) is 4.00. The first kappa shape index (κ1) is 17.4. The summed E-state index contributed by atoms with van der Waals surface area (Å²) in [4.78, 5) is 16.9. The summed E-state index contributed by atoms with van der Waals surface area (Å²) < 4.78 is 1.44. The fourth-order valence-electron chi connectivity index (χ4n) is 2.50. The average Bonchev–Trinajstić information content (AvgIpc) is 3.04. The highest BCUT2D eigenvalue weighted by molar-refractivity contribution is 6.04. The largest absolute Gasteiger partial charge is 0.305 e. The second kappa shape index (κ2) is 6.81. The molecule has 0 saturated heterocycles. The number of hydrogen-bond donors (Lipinski definition) is 1. The molecular weight excluding hydrogens is 326 g/mol. The Morgan fingerprint density at radius 2 is 1.88 bits per heavy atom. The number of carbonyl (C=O) groups is 1.